The molecule has 1 aliphatic rings. The highest BCUT2D eigenvalue weighted by molar-refractivity contribution is 6.32. The summed E-state index contributed by atoms with van der Waals surface area (Å²) < 4.78 is 11.0. The molecule has 22 heavy (non-hydrogen) atoms. The summed E-state index contributed by atoms with van der Waals surface area (Å²) >= 11 is 6.29. The van der Waals surface area contributed by atoms with Crippen LogP contribution in [0.2, 0.25) is 5.02 Å². The number of aromatic nitrogens is 3. The van der Waals surface area contributed by atoms with E-state index in [1.54, 1.807) is 6.20 Å². The van der Waals surface area contributed by atoms with Crippen LogP contribution < -0.4 is 4.74 Å². The molecule has 6 heteroatoms. The zero-order valence-corrected chi connectivity index (χ0v) is 12.3. The number of hydrogen-bond acceptors (Lipinski definition) is 5. The Morgan fingerprint density at radius 1 is 1.09 bits per heavy atom. The van der Waals surface area contributed by atoms with Crippen LogP contribution in [0.3, 0.4) is 0 Å². The largest absolute Gasteiger partial charge is 0.489 e. The maximum atomic E-state index is 6.29. The van der Waals surface area contributed by atoms with Crippen molar-refractivity contribution in [3.8, 4) is 28.6 Å². The minimum atomic E-state index is 0.319. The van der Waals surface area contributed by atoms with Crippen LogP contribution in [0.5, 0.6) is 5.75 Å². The quantitative estimate of drug-likeness (QED) is 0.728. The first-order valence-corrected chi connectivity index (χ1v) is 7.36. The summed E-state index contributed by atoms with van der Waals surface area (Å²) in [6.07, 6.45) is 7.10. The summed E-state index contributed by atoms with van der Waals surface area (Å²) in [7, 11) is 0. The van der Waals surface area contributed by atoms with Gasteiger partial charge in [0.15, 0.2) is 0 Å². The van der Waals surface area contributed by atoms with Gasteiger partial charge in [0, 0.05) is 5.56 Å². The molecule has 2 aromatic heterocycles. The number of ether oxygens (including phenoxy) is 1. The van der Waals surface area contributed by atoms with Gasteiger partial charge in [0.1, 0.15) is 24.0 Å². The van der Waals surface area contributed by atoms with E-state index >= 15 is 0 Å². The summed E-state index contributed by atoms with van der Waals surface area (Å²) in [6.45, 7) is 0. The van der Waals surface area contributed by atoms with Crippen molar-refractivity contribution in [2.24, 2.45) is 0 Å². The van der Waals surface area contributed by atoms with Crippen molar-refractivity contribution in [3.05, 3.63) is 48.1 Å². The SMILES string of the molecule is Clc1cc(-c2cc(-c3ncco3)ncn2)ccc1OC1CC1. The summed E-state index contributed by atoms with van der Waals surface area (Å²) in [5, 5.41) is 0.584. The lowest BCUT2D eigenvalue weighted by Gasteiger charge is -2.08. The van der Waals surface area contributed by atoms with Gasteiger partial charge in [0.2, 0.25) is 5.89 Å². The number of hydrogen-bond donors (Lipinski definition) is 0. The molecule has 0 saturated heterocycles. The number of rotatable bonds is 4. The van der Waals surface area contributed by atoms with Crippen molar-refractivity contribution in [2.45, 2.75) is 18.9 Å². The second kappa shape index (κ2) is 5.42. The molecule has 0 unspecified atom stereocenters. The maximum Gasteiger partial charge on any atom is 0.245 e. The molecule has 110 valence electrons. The molecule has 0 amide bonds. The molecule has 1 saturated carbocycles. The van der Waals surface area contributed by atoms with Gasteiger partial charge >= 0.3 is 0 Å². The van der Waals surface area contributed by atoms with Gasteiger partial charge in [-0.05, 0) is 37.1 Å². The number of benzene rings is 1. The highest BCUT2D eigenvalue weighted by Crippen LogP contribution is 2.34. The minimum Gasteiger partial charge on any atom is -0.489 e. The highest BCUT2D eigenvalue weighted by atomic mass is 35.5. The Kier molecular flexibility index (Phi) is 3.27. The van der Waals surface area contributed by atoms with Crippen molar-refractivity contribution in [1.82, 2.24) is 15.0 Å². The van der Waals surface area contributed by atoms with Crippen LogP contribution >= 0.6 is 11.6 Å². The van der Waals surface area contributed by atoms with Crippen LogP contribution in [-0.4, -0.2) is 21.1 Å². The maximum absolute atomic E-state index is 6.29. The van der Waals surface area contributed by atoms with Gasteiger partial charge in [-0.2, -0.15) is 0 Å². The van der Waals surface area contributed by atoms with E-state index in [0.29, 0.717) is 22.7 Å². The van der Waals surface area contributed by atoms with E-state index in [1.165, 1.54) is 12.6 Å². The second-order valence-electron chi connectivity index (χ2n) is 5.09. The summed E-state index contributed by atoms with van der Waals surface area (Å²) in [4.78, 5) is 12.5. The molecule has 1 fully saturated rings. The standard InChI is InChI=1S/C16H12ClN3O2/c17-12-7-10(1-4-15(12)22-11-2-3-11)13-8-14(20-9-19-13)16-18-5-6-21-16/h1,4-9,11H,2-3H2. The molecule has 0 atom stereocenters. The predicted octanol–water partition coefficient (Wildman–Crippen LogP) is 3.99. The van der Waals surface area contributed by atoms with Gasteiger partial charge in [-0.3, -0.25) is 0 Å². The Bertz CT molecular complexity index is 801. The van der Waals surface area contributed by atoms with E-state index in [-0.39, 0.29) is 0 Å². The van der Waals surface area contributed by atoms with Gasteiger partial charge in [0.05, 0.1) is 23.0 Å². The Morgan fingerprint density at radius 2 is 1.95 bits per heavy atom. The molecule has 1 aromatic carbocycles. The molecule has 0 radical (unpaired) electrons. The molecule has 0 N–H and O–H groups in total. The monoisotopic (exact) mass is 313 g/mol. The molecule has 0 spiro atoms. The van der Waals surface area contributed by atoms with E-state index in [2.05, 4.69) is 15.0 Å². The van der Waals surface area contributed by atoms with E-state index in [1.807, 2.05) is 24.3 Å². The highest BCUT2D eigenvalue weighted by Gasteiger charge is 2.24. The van der Waals surface area contributed by atoms with Crippen LogP contribution in [0.15, 0.2) is 47.5 Å². The van der Waals surface area contributed by atoms with Crippen LogP contribution in [0.25, 0.3) is 22.8 Å². The smallest absolute Gasteiger partial charge is 0.245 e. The first-order chi connectivity index (χ1) is 10.8. The van der Waals surface area contributed by atoms with E-state index in [9.17, 15) is 0 Å². The molecular weight excluding hydrogens is 302 g/mol. The molecular formula is C16H12ClN3O2. The minimum absolute atomic E-state index is 0.319. The van der Waals surface area contributed by atoms with Crippen LogP contribution in [0.1, 0.15) is 12.8 Å². The lowest BCUT2D eigenvalue weighted by molar-refractivity contribution is 0.303. The van der Waals surface area contributed by atoms with Crippen LogP contribution in [0.4, 0.5) is 0 Å². The molecule has 4 rings (SSSR count). The van der Waals surface area contributed by atoms with Crippen molar-refractivity contribution >= 4 is 11.6 Å². The first kappa shape index (κ1) is 13.3. The topological polar surface area (TPSA) is 61.0 Å². The lowest BCUT2D eigenvalue weighted by Crippen LogP contribution is -1.96. The Hall–Kier alpha value is -2.40. The predicted molar refractivity (Wildman–Crippen MR) is 81.6 cm³/mol. The van der Waals surface area contributed by atoms with Crippen LogP contribution in [-0.2, 0) is 0 Å². The number of oxazole rings is 1. The van der Waals surface area contributed by atoms with Crippen molar-refractivity contribution in [3.63, 3.8) is 0 Å². The summed E-state index contributed by atoms with van der Waals surface area (Å²) in [5.41, 5.74) is 2.27. The Morgan fingerprint density at radius 3 is 2.68 bits per heavy atom. The average molecular weight is 314 g/mol. The molecule has 0 aliphatic heterocycles. The van der Waals surface area contributed by atoms with Crippen molar-refractivity contribution < 1.29 is 9.15 Å². The zero-order valence-electron chi connectivity index (χ0n) is 11.6. The van der Waals surface area contributed by atoms with E-state index in [0.717, 1.165) is 29.8 Å². The lowest BCUT2D eigenvalue weighted by atomic mass is 10.1. The first-order valence-electron chi connectivity index (χ1n) is 6.98. The molecule has 5 nitrogen and oxygen atoms in total. The second-order valence-corrected chi connectivity index (χ2v) is 5.50. The summed E-state index contributed by atoms with van der Waals surface area (Å²) in [6, 6.07) is 7.48. The zero-order chi connectivity index (χ0) is 14.9. The fourth-order valence-corrected chi connectivity index (χ4v) is 2.33. The fraction of sp³-hybridized carbons (Fsp3) is 0.188. The van der Waals surface area contributed by atoms with Gasteiger partial charge < -0.3 is 9.15 Å². The van der Waals surface area contributed by atoms with E-state index in [4.69, 9.17) is 20.8 Å². The molecule has 2 heterocycles. The van der Waals surface area contributed by atoms with Crippen molar-refractivity contribution in [2.75, 3.05) is 0 Å². The fourth-order valence-electron chi connectivity index (χ4n) is 2.10. The normalized spacial score (nSPS) is 14.0. The van der Waals surface area contributed by atoms with E-state index < -0.39 is 0 Å². The van der Waals surface area contributed by atoms with Gasteiger partial charge in [0.25, 0.3) is 0 Å². The third-order valence-electron chi connectivity index (χ3n) is 3.36. The van der Waals surface area contributed by atoms with Gasteiger partial charge in [-0.15, -0.1) is 0 Å². The molecule has 3 aromatic rings. The molecule has 0 bridgehead atoms. The number of halogens is 1. The molecule has 1 aliphatic carbocycles. The third kappa shape index (κ3) is 2.67. The van der Waals surface area contributed by atoms with Crippen LogP contribution in [0, 0.1) is 0 Å². The third-order valence-corrected chi connectivity index (χ3v) is 3.66. The summed E-state index contributed by atoms with van der Waals surface area (Å²) in [5.74, 6) is 1.18. The van der Waals surface area contributed by atoms with Gasteiger partial charge in [-0.1, -0.05) is 11.6 Å². The number of nitrogens with zero attached hydrogens (tertiary/aromatic N) is 3. The Balaban J connectivity index is 1.66. The average Bonchev–Trinajstić information content (AvgIpc) is 3.19. The van der Waals surface area contributed by atoms with Gasteiger partial charge in [-0.25, -0.2) is 15.0 Å². The van der Waals surface area contributed by atoms with Crippen molar-refractivity contribution in [1.29, 1.82) is 0 Å². The Labute approximate surface area is 132 Å².